The van der Waals surface area contributed by atoms with Crippen molar-refractivity contribution < 1.29 is 23.1 Å². The molecule has 1 heterocycles. The maximum absolute atomic E-state index is 11.5. The summed E-state index contributed by atoms with van der Waals surface area (Å²) in [6.45, 7) is 4.64. The van der Waals surface area contributed by atoms with Gasteiger partial charge in [0, 0.05) is 26.2 Å². The number of nitrogens with zero attached hydrogens (tertiary/aromatic N) is 1. The Morgan fingerprint density at radius 3 is 2.53 bits per heavy atom. The van der Waals surface area contributed by atoms with Gasteiger partial charge in [0.2, 0.25) is 0 Å². The highest BCUT2D eigenvalue weighted by molar-refractivity contribution is 7.91. The van der Waals surface area contributed by atoms with Crippen molar-refractivity contribution in [2.45, 2.75) is 26.3 Å². The number of carboxylic acid groups (broad SMARTS) is 1. The molecule has 0 saturated carbocycles. The number of hydrogen-bond donors (Lipinski definition) is 1. The predicted molar refractivity (Wildman–Crippen MR) is 71.9 cm³/mol. The van der Waals surface area contributed by atoms with Crippen molar-refractivity contribution in [1.82, 2.24) is 4.90 Å². The van der Waals surface area contributed by atoms with Crippen LogP contribution < -0.4 is 0 Å². The molecule has 1 atom stereocenters. The minimum absolute atomic E-state index is 0.0984. The van der Waals surface area contributed by atoms with Gasteiger partial charge in [-0.1, -0.05) is 0 Å². The smallest absolute Gasteiger partial charge is 0.310 e. The first-order valence-electron chi connectivity index (χ1n) is 6.35. The molecule has 0 aromatic carbocycles. The van der Waals surface area contributed by atoms with Gasteiger partial charge in [0.1, 0.15) is 0 Å². The Morgan fingerprint density at radius 1 is 1.47 bits per heavy atom. The largest absolute Gasteiger partial charge is 0.481 e. The van der Waals surface area contributed by atoms with Crippen LogP contribution in [0.15, 0.2) is 0 Å². The van der Waals surface area contributed by atoms with Crippen LogP contribution in [0, 0.1) is 5.41 Å². The molecule has 6 nitrogen and oxygen atoms in total. The van der Waals surface area contributed by atoms with E-state index in [4.69, 9.17) is 4.74 Å². The van der Waals surface area contributed by atoms with Crippen LogP contribution in [-0.2, 0) is 19.4 Å². The summed E-state index contributed by atoms with van der Waals surface area (Å²) < 4.78 is 28.1. The lowest BCUT2D eigenvalue weighted by molar-refractivity contribution is -0.148. The van der Waals surface area contributed by atoms with Gasteiger partial charge in [0.15, 0.2) is 9.84 Å². The Morgan fingerprint density at radius 2 is 2.11 bits per heavy atom. The summed E-state index contributed by atoms with van der Waals surface area (Å²) in [6, 6.07) is -0.0984. The van der Waals surface area contributed by atoms with Gasteiger partial charge in [-0.25, -0.2) is 8.42 Å². The quantitative estimate of drug-likeness (QED) is 0.723. The molecule has 0 radical (unpaired) electrons. The maximum atomic E-state index is 11.5. The van der Waals surface area contributed by atoms with E-state index in [0.29, 0.717) is 26.1 Å². The molecule has 19 heavy (non-hydrogen) atoms. The van der Waals surface area contributed by atoms with Crippen LogP contribution in [0.1, 0.15) is 20.3 Å². The Hall–Kier alpha value is -0.660. The topological polar surface area (TPSA) is 83.9 Å². The van der Waals surface area contributed by atoms with E-state index in [0.717, 1.165) is 0 Å². The Bertz CT molecular complexity index is 418. The Labute approximate surface area is 114 Å². The fraction of sp³-hybridized carbons (Fsp3) is 0.917. The molecular formula is C12H23NO5S. The predicted octanol–water partition coefficient (Wildman–Crippen LogP) is 0.233. The number of ether oxygens (including phenoxy) is 1. The molecule has 0 amide bonds. The monoisotopic (exact) mass is 293 g/mol. The molecule has 0 spiro atoms. The summed E-state index contributed by atoms with van der Waals surface area (Å²) in [7, 11) is -1.40. The summed E-state index contributed by atoms with van der Waals surface area (Å²) in [6.07, 6.45) is 0.571. The summed E-state index contributed by atoms with van der Waals surface area (Å²) >= 11 is 0. The fourth-order valence-corrected chi connectivity index (χ4v) is 4.00. The average molecular weight is 293 g/mol. The number of carboxylic acids is 1. The molecule has 1 aliphatic rings. The number of carbonyl (C=O) groups is 1. The zero-order valence-electron chi connectivity index (χ0n) is 11.8. The third-order valence-corrected chi connectivity index (χ3v) is 5.24. The minimum Gasteiger partial charge on any atom is -0.481 e. The van der Waals surface area contributed by atoms with Crippen molar-refractivity contribution in [3.05, 3.63) is 0 Å². The van der Waals surface area contributed by atoms with E-state index in [1.807, 2.05) is 4.90 Å². The third-order valence-electron chi connectivity index (χ3n) is 3.48. The molecule has 0 aliphatic carbocycles. The van der Waals surface area contributed by atoms with E-state index in [9.17, 15) is 18.3 Å². The summed E-state index contributed by atoms with van der Waals surface area (Å²) in [5.74, 6) is -0.572. The first-order chi connectivity index (χ1) is 8.68. The highest BCUT2D eigenvalue weighted by atomic mass is 32.2. The first-order valence-corrected chi connectivity index (χ1v) is 8.17. The van der Waals surface area contributed by atoms with Gasteiger partial charge in [0.25, 0.3) is 0 Å². The van der Waals surface area contributed by atoms with Gasteiger partial charge >= 0.3 is 5.97 Å². The molecule has 1 saturated heterocycles. The molecule has 112 valence electrons. The molecule has 1 unspecified atom stereocenters. The zero-order chi connectivity index (χ0) is 14.7. The van der Waals surface area contributed by atoms with E-state index in [1.165, 1.54) is 0 Å². The van der Waals surface area contributed by atoms with Crippen molar-refractivity contribution in [3.8, 4) is 0 Å². The highest BCUT2D eigenvalue weighted by Gasteiger charge is 2.37. The van der Waals surface area contributed by atoms with Gasteiger partial charge in [-0.2, -0.15) is 0 Å². The summed E-state index contributed by atoms with van der Waals surface area (Å²) in [4.78, 5) is 13.1. The normalized spacial score (nSPS) is 22.8. The van der Waals surface area contributed by atoms with Gasteiger partial charge in [-0.15, -0.1) is 0 Å². The minimum atomic E-state index is -2.97. The van der Waals surface area contributed by atoms with Crippen molar-refractivity contribution in [2.75, 3.05) is 38.3 Å². The highest BCUT2D eigenvalue weighted by Crippen LogP contribution is 2.23. The van der Waals surface area contributed by atoms with Gasteiger partial charge in [-0.05, 0) is 20.3 Å². The average Bonchev–Trinajstić information content (AvgIpc) is 2.64. The number of aliphatic carboxylic acids is 1. The van der Waals surface area contributed by atoms with Crippen LogP contribution >= 0.6 is 0 Å². The molecule has 1 aliphatic heterocycles. The lowest BCUT2D eigenvalue weighted by Gasteiger charge is -2.33. The van der Waals surface area contributed by atoms with E-state index in [2.05, 4.69) is 0 Å². The number of methoxy groups -OCH3 is 1. The van der Waals surface area contributed by atoms with E-state index in [-0.39, 0.29) is 17.5 Å². The SMILES string of the molecule is COCCN(CC(C)(C)C(=O)O)C1CCS(=O)(=O)C1. The van der Waals surface area contributed by atoms with Crippen molar-refractivity contribution in [1.29, 1.82) is 0 Å². The van der Waals surface area contributed by atoms with E-state index < -0.39 is 21.2 Å². The molecule has 1 fully saturated rings. The van der Waals surface area contributed by atoms with E-state index in [1.54, 1.807) is 21.0 Å². The third kappa shape index (κ3) is 4.74. The van der Waals surface area contributed by atoms with Gasteiger partial charge < -0.3 is 9.84 Å². The Kier molecular flexibility index (Phi) is 5.34. The lowest BCUT2D eigenvalue weighted by atomic mass is 9.92. The van der Waals surface area contributed by atoms with Gasteiger partial charge in [0.05, 0.1) is 23.5 Å². The molecule has 0 bridgehead atoms. The van der Waals surface area contributed by atoms with Crippen LogP contribution in [0.5, 0.6) is 0 Å². The van der Waals surface area contributed by atoms with Crippen LogP contribution in [0.25, 0.3) is 0 Å². The number of rotatable bonds is 7. The standard InChI is InChI=1S/C12H23NO5S/c1-12(2,11(14)15)9-13(5-6-18-3)10-4-7-19(16,17)8-10/h10H,4-9H2,1-3H3,(H,14,15). The maximum Gasteiger partial charge on any atom is 0.310 e. The van der Waals surface area contributed by atoms with E-state index >= 15 is 0 Å². The summed E-state index contributed by atoms with van der Waals surface area (Å²) in [5, 5.41) is 9.18. The van der Waals surface area contributed by atoms with Crippen molar-refractivity contribution >= 4 is 15.8 Å². The molecule has 1 rings (SSSR count). The molecule has 1 N–H and O–H groups in total. The molecule has 0 aromatic rings. The number of sulfone groups is 1. The zero-order valence-corrected chi connectivity index (χ0v) is 12.6. The molecular weight excluding hydrogens is 270 g/mol. The Balaban J connectivity index is 2.75. The first kappa shape index (κ1) is 16.4. The van der Waals surface area contributed by atoms with Crippen molar-refractivity contribution in [2.24, 2.45) is 5.41 Å². The van der Waals surface area contributed by atoms with Crippen LogP contribution in [0.2, 0.25) is 0 Å². The lowest BCUT2D eigenvalue weighted by Crippen LogP contribution is -2.46. The summed E-state index contributed by atoms with van der Waals surface area (Å²) in [5.41, 5.74) is -0.903. The van der Waals surface area contributed by atoms with Gasteiger partial charge in [-0.3, -0.25) is 9.69 Å². The molecule has 0 aromatic heterocycles. The second-order valence-electron chi connectivity index (χ2n) is 5.71. The molecule has 7 heteroatoms. The van der Waals surface area contributed by atoms with Crippen molar-refractivity contribution in [3.63, 3.8) is 0 Å². The fourth-order valence-electron chi connectivity index (χ4n) is 2.24. The van der Waals surface area contributed by atoms with Crippen LogP contribution in [0.3, 0.4) is 0 Å². The van der Waals surface area contributed by atoms with Crippen LogP contribution in [0.4, 0.5) is 0 Å². The second-order valence-corrected chi connectivity index (χ2v) is 7.94. The van der Waals surface area contributed by atoms with Crippen LogP contribution in [-0.4, -0.2) is 68.7 Å². The number of hydrogen-bond acceptors (Lipinski definition) is 5. The second kappa shape index (κ2) is 6.19.